The molecule has 4 heteroatoms. The first-order chi connectivity index (χ1) is 8.78. The number of nitrogens with one attached hydrogen (secondary N) is 1. The molecule has 1 aromatic rings. The van der Waals surface area contributed by atoms with Gasteiger partial charge in [-0.2, -0.15) is 0 Å². The van der Waals surface area contributed by atoms with Gasteiger partial charge in [0, 0.05) is 12.2 Å². The van der Waals surface area contributed by atoms with E-state index in [2.05, 4.69) is 29.4 Å². The molecule has 19 heavy (non-hydrogen) atoms. The molecule has 3 N–H and O–H groups in total. The third-order valence-corrected chi connectivity index (χ3v) is 3.38. The summed E-state index contributed by atoms with van der Waals surface area (Å²) >= 11 is 0. The number of benzene rings is 1. The summed E-state index contributed by atoms with van der Waals surface area (Å²) in [5.74, 6) is 1.51. The summed E-state index contributed by atoms with van der Waals surface area (Å²) in [5, 5.41) is 3.12. The van der Waals surface area contributed by atoms with Crippen LogP contribution in [0.2, 0.25) is 0 Å². The van der Waals surface area contributed by atoms with Crippen LogP contribution in [0.4, 0.5) is 5.69 Å². The highest BCUT2D eigenvalue weighted by molar-refractivity contribution is 14.0. The van der Waals surface area contributed by atoms with Crippen molar-refractivity contribution in [1.29, 1.82) is 0 Å². The average molecular weight is 373 g/mol. The van der Waals surface area contributed by atoms with E-state index >= 15 is 0 Å². The Morgan fingerprint density at radius 1 is 1.32 bits per heavy atom. The van der Waals surface area contributed by atoms with Gasteiger partial charge >= 0.3 is 0 Å². The highest BCUT2D eigenvalue weighted by atomic mass is 127. The number of nitrogens with two attached hydrogens (primary N) is 1. The lowest BCUT2D eigenvalue weighted by molar-refractivity contribution is 0.675. The molecule has 106 valence electrons. The molecule has 0 atom stereocenters. The zero-order chi connectivity index (χ0) is 12.8. The van der Waals surface area contributed by atoms with Gasteiger partial charge < -0.3 is 11.1 Å². The maximum absolute atomic E-state index is 5.85. The van der Waals surface area contributed by atoms with E-state index in [1.54, 1.807) is 0 Å². The summed E-state index contributed by atoms with van der Waals surface area (Å²) in [6.07, 6.45) is 6.36. The summed E-state index contributed by atoms with van der Waals surface area (Å²) in [6.45, 7) is 2.99. The van der Waals surface area contributed by atoms with Crippen molar-refractivity contribution in [2.45, 2.75) is 39.0 Å². The normalized spacial score (nSPS) is 14.9. The minimum absolute atomic E-state index is 0. The standard InChI is InChI=1S/C15H23N3.HI/c1-2-12-7-9-14(10-8-12)18-15(16)17-11-3-4-13-5-6-13;/h7-10,13H,2-6,11H2,1H3,(H3,16,17,18);1H. The summed E-state index contributed by atoms with van der Waals surface area (Å²) in [4.78, 5) is 4.35. The molecule has 1 aliphatic rings. The zero-order valence-corrected chi connectivity index (χ0v) is 13.9. The van der Waals surface area contributed by atoms with E-state index in [9.17, 15) is 0 Å². The summed E-state index contributed by atoms with van der Waals surface area (Å²) in [7, 11) is 0. The SMILES string of the molecule is CCc1ccc(NC(N)=NCCCC2CC2)cc1.I. The monoisotopic (exact) mass is 373 g/mol. The molecule has 1 fully saturated rings. The topological polar surface area (TPSA) is 50.4 Å². The van der Waals surface area contributed by atoms with Crippen LogP contribution in [-0.4, -0.2) is 12.5 Å². The van der Waals surface area contributed by atoms with Gasteiger partial charge in [0.25, 0.3) is 0 Å². The Morgan fingerprint density at radius 2 is 2.00 bits per heavy atom. The number of nitrogens with zero attached hydrogens (tertiary/aromatic N) is 1. The van der Waals surface area contributed by atoms with Gasteiger partial charge in [-0.05, 0) is 42.9 Å². The predicted molar refractivity (Wildman–Crippen MR) is 93.3 cm³/mol. The number of hydrogen-bond donors (Lipinski definition) is 2. The van der Waals surface area contributed by atoms with Gasteiger partial charge in [0.2, 0.25) is 0 Å². The van der Waals surface area contributed by atoms with Crippen molar-refractivity contribution < 1.29 is 0 Å². The van der Waals surface area contributed by atoms with Crippen LogP contribution in [0.15, 0.2) is 29.3 Å². The third-order valence-electron chi connectivity index (χ3n) is 3.38. The lowest BCUT2D eigenvalue weighted by atomic mass is 10.1. The number of rotatable bonds is 6. The largest absolute Gasteiger partial charge is 0.370 e. The number of aryl methyl sites for hydroxylation is 1. The van der Waals surface area contributed by atoms with Crippen LogP contribution in [0.1, 0.15) is 38.2 Å². The minimum atomic E-state index is 0. The Morgan fingerprint density at radius 3 is 2.58 bits per heavy atom. The first kappa shape index (κ1) is 16.3. The summed E-state index contributed by atoms with van der Waals surface area (Å²) in [5.41, 5.74) is 8.19. The molecule has 0 bridgehead atoms. The summed E-state index contributed by atoms with van der Waals surface area (Å²) in [6, 6.07) is 8.32. The molecular weight excluding hydrogens is 349 g/mol. The Bertz CT molecular complexity index is 396. The fourth-order valence-electron chi connectivity index (χ4n) is 2.00. The van der Waals surface area contributed by atoms with Crippen molar-refractivity contribution in [3.63, 3.8) is 0 Å². The van der Waals surface area contributed by atoms with Crippen molar-refractivity contribution >= 4 is 35.6 Å². The lowest BCUT2D eigenvalue weighted by Crippen LogP contribution is -2.22. The lowest BCUT2D eigenvalue weighted by Gasteiger charge is -2.06. The maximum atomic E-state index is 5.85. The van der Waals surface area contributed by atoms with E-state index in [1.807, 2.05) is 12.1 Å². The van der Waals surface area contributed by atoms with Crippen molar-refractivity contribution in [3.05, 3.63) is 29.8 Å². The Labute approximate surface area is 133 Å². The molecule has 0 radical (unpaired) electrons. The third kappa shape index (κ3) is 6.27. The van der Waals surface area contributed by atoms with Gasteiger partial charge in [0.05, 0.1) is 0 Å². The fourth-order valence-corrected chi connectivity index (χ4v) is 2.00. The van der Waals surface area contributed by atoms with Crippen LogP contribution < -0.4 is 11.1 Å². The molecule has 0 heterocycles. The average Bonchev–Trinajstić information content (AvgIpc) is 3.20. The van der Waals surface area contributed by atoms with Gasteiger partial charge in [0.15, 0.2) is 5.96 Å². The molecular formula is C15H24IN3. The van der Waals surface area contributed by atoms with Crippen LogP contribution in [0.5, 0.6) is 0 Å². The number of halogens is 1. The minimum Gasteiger partial charge on any atom is -0.370 e. The second kappa shape index (κ2) is 8.40. The Kier molecular flexibility index (Phi) is 7.20. The number of guanidine groups is 1. The first-order valence-electron chi connectivity index (χ1n) is 6.94. The van der Waals surface area contributed by atoms with Crippen LogP contribution in [-0.2, 0) is 6.42 Å². The van der Waals surface area contributed by atoms with Crippen molar-refractivity contribution in [1.82, 2.24) is 0 Å². The molecule has 0 saturated heterocycles. The second-order valence-corrected chi connectivity index (χ2v) is 5.03. The fraction of sp³-hybridized carbons (Fsp3) is 0.533. The van der Waals surface area contributed by atoms with Gasteiger partial charge in [-0.3, -0.25) is 4.99 Å². The van der Waals surface area contributed by atoms with E-state index in [-0.39, 0.29) is 24.0 Å². The molecule has 0 unspecified atom stereocenters. The van der Waals surface area contributed by atoms with E-state index in [1.165, 1.54) is 24.8 Å². The van der Waals surface area contributed by atoms with Crippen molar-refractivity contribution in [2.75, 3.05) is 11.9 Å². The second-order valence-electron chi connectivity index (χ2n) is 5.03. The molecule has 0 spiro atoms. The number of hydrogen-bond acceptors (Lipinski definition) is 1. The molecule has 0 aromatic heterocycles. The molecule has 1 saturated carbocycles. The predicted octanol–water partition coefficient (Wildman–Crippen LogP) is 3.78. The van der Waals surface area contributed by atoms with Crippen molar-refractivity contribution in [2.24, 2.45) is 16.6 Å². The molecule has 1 aliphatic carbocycles. The van der Waals surface area contributed by atoms with Crippen LogP contribution in [0, 0.1) is 5.92 Å². The number of anilines is 1. The Hall–Kier alpha value is -0.780. The van der Waals surface area contributed by atoms with E-state index < -0.39 is 0 Å². The molecule has 0 amide bonds. The first-order valence-corrected chi connectivity index (χ1v) is 6.94. The summed E-state index contributed by atoms with van der Waals surface area (Å²) < 4.78 is 0. The molecule has 3 nitrogen and oxygen atoms in total. The van der Waals surface area contributed by atoms with Gasteiger partial charge in [0.1, 0.15) is 0 Å². The van der Waals surface area contributed by atoms with Gasteiger partial charge in [-0.25, -0.2) is 0 Å². The zero-order valence-electron chi connectivity index (χ0n) is 11.6. The molecule has 2 rings (SSSR count). The number of aliphatic imine (C=N–C) groups is 1. The maximum Gasteiger partial charge on any atom is 0.193 e. The van der Waals surface area contributed by atoms with E-state index in [0.29, 0.717) is 5.96 Å². The van der Waals surface area contributed by atoms with Gasteiger partial charge in [-0.15, -0.1) is 24.0 Å². The van der Waals surface area contributed by atoms with E-state index in [0.717, 1.165) is 31.0 Å². The Balaban J connectivity index is 0.00000180. The quantitative estimate of drug-likeness (QED) is 0.345. The van der Waals surface area contributed by atoms with Crippen LogP contribution in [0.3, 0.4) is 0 Å². The highest BCUT2D eigenvalue weighted by Gasteiger charge is 2.19. The van der Waals surface area contributed by atoms with Crippen LogP contribution in [0.25, 0.3) is 0 Å². The smallest absolute Gasteiger partial charge is 0.193 e. The van der Waals surface area contributed by atoms with E-state index in [4.69, 9.17) is 5.73 Å². The highest BCUT2D eigenvalue weighted by Crippen LogP contribution is 2.33. The molecule has 0 aliphatic heterocycles. The van der Waals surface area contributed by atoms with Crippen LogP contribution >= 0.6 is 24.0 Å². The van der Waals surface area contributed by atoms with Gasteiger partial charge in [-0.1, -0.05) is 31.9 Å². The molecule has 1 aromatic carbocycles. The van der Waals surface area contributed by atoms with Crippen molar-refractivity contribution in [3.8, 4) is 0 Å².